The van der Waals surface area contributed by atoms with E-state index in [0.717, 1.165) is 37.3 Å². The predicted molar refractivity (Wildman–Crippen MR) is 80.3 cm³/mol. The molecule has 5 nitrogen and oxygen atoms in total. The molecule has 2 N–H and O–H groups in total. The quantitative estimate of drug-likeness (QED) is 0.857. The second kappa shape index (κ2) is 6.11. The first-order chi connectivity index (χ1) is 9.35. The molecule has 0 radical (unpaired) electrons. The molecule has 1 aliphatic heterocycles. The van der Waals surface area contributed by atoms with Crippen molar-refractivity contribution < 1.29 is 13.5 Å². The van der Waals surface area contributed by atoms with E-state index in [9.17, 15) is 8.42 Å². The van der Waals surface area contributed by atoms with Gasteiger partial charge >= 0.3 is 0 Å². The minimum Gasteiger partial charge on any atom is -0.391 e. The molecule has 20 heavy (non-hydrogen) atoms. The number of piperidine rings is 1. The molecule has 0 saturated carbocycles. The zero-order chi connectivity index (χ0) is 14.8. The van der Waals surface area contributed by atoms with Gasteiger partial charge in [0.1, 0.15) is 4.21 Å². The van der Waals surface area contributed by atoms with E-state index in [2.05, 4.69) is 23.6 Å². The Balaban J connectivity index is 1.98. The van der Waals surface area contributed by atoms with E-state index in [0.29, 0.717) is 11.4 Å². The van der Waals surface area contributed by atoms with Crippen LogP contribution in [0.2, 0.25) is 0 Å². The molecule has 2 heterocycles. The van der Waals surface area contributed by atoms with Crippen LogP contribution in [0.1, 0.15) is 24.6 Å². The number of aliphatic hydroxyl groups is 1. The maximum Gasteiger partial charge on any atom is 0.250 e. The highest BCUT2D eigenvalue weighted by Crippen LogP contribution is 2.30. The fourth-order valence-electron chi connectivity index (χ4n) is 2.26. The molecule has 0 unspecified atom stereocenters. The van der Waals surface area contributed by atoms with E-state index in [1.54, 1.807) is 12.1 Å². The van der Waals surface area contributed by atoms with Gasteiger partial charge in [0, 0.05) is 11.4 Å². The summed E-state index contributed by atoms with van der Waals surface area (Å²) in [6.45, 7) is 4.49. The smallest absolute Gasteiger partial charge is 0.250 e. The van der Waals surface area contributed by atoms with Gasteiger partial charge in [0.25, 0.3) is 0 Å². The van der Waals surface area contributed by atoms with Crippen molar-refractivity contribution in [1.82, 2.24) is 9.62 Å². The molecule has 0 bridgehead atoms. The third-order valence-electron chi connectivity index (χ3n) is 3.94. The lowest BCUT2D eigenvalue weighted by molar-refractivity contribution is 0.143. The molecule has 1 fully saturated rings. The monoisotopic (exact) mass is 318 g/mol. The number of nitrogens with one attached hydrogen (secondary N) is 1. The molecular weight excluding hydrogens is 296 g/mol. The molecule has 1 aliphatic rings. The number of hydrogen-bond acceptors (Lipinski definition) is 5. The Bertz CT molecular complexity index is 546. The number of aliphatic hydroxyl groups excluding tert-OH is 1. The molecule has 0 atom stereocenters. The van der Waals surface area contributed by atoms with Crippen molar-refractivity contribution >= 4 is 21.4 Å². The van der Waals surface area contributed by atoms with Gasteiger partial charge < -0.3 is 10.0 Å². The van der Waals surface area contributed by atoms with E-state index >= 15 is 0 Å². The summed E-state index contributed by atoms with van der Waals surface area (Å²) < 4.78 is 27.4. The average molecular weight is 318 g/mol. The first kappa shape index (κ1) is 15.9. The maximum absolute atomic E-state index is 12.2. The van der Waals surface area contributed by atoms with Crippen molar-refractivity contribution in [2.24, 2.45) is 5.41 Å². The van der Waals surface area contributed by atoms with Crippen LogP contribution in [0.3, 0.4) is 0 Å². The highest BCUT2D eigenvalue weighted by molar-refractivity contribution is 7.91. The second-order valence-electron chi connectivity index (χ2n) is 5.82. The largest absolute Gasteiger partial charge is 0.391 e. The Hall–Kier alpha value is -0.470. The van der Waals surface area contributed by atoms with Crippen molar-refractivity contribution in [3.05, 3.63) is 17.0 Å². The third-order valence-corrected chi connectivity index (χ3v) is 6.90. The Morgan fingerprint density at radius 1 is 1.40 bits per heavy atom. The van der Waals surface area contributed by atoms with Crippen molar-refractivity contribution in [1.29, 1.82) is 0 Å². The minimum absolute atomic E-state index is 0.0245. The lowest BCUT2D eigenvalue weighted by Crippen LogP contribution is -2.43. The first-order valence-corrected chi connectivity index (χ1v) is 9.02. The van der Waals surface area contributed by atoms with Gasteiger partial charge in [-0.2, -0.15) is 0 Å². The van der Waals surface area contributed by atoms with E-state index in [1.165, 1.54) is 0 Å². The molecule has 1 saturated heterocycles. The van der Waals surface area contributed by atoms with Crippen LogP contribution < -0.4 is 4.72 Å². The molecule has 7 heteroatoms. The van der Waals surface area contributed by atoms with Crippen LogP contribution in [0.5, 0.6) is 0 Å². The Morgan fingerprint density at radius 3 is 2.60 bits per heavy atom. The van der Waals surface area contributed by atoms with Crippen LogP contribution in [-0.4, -0.2) is 45.1 Å². The Kier molecular flexibility index (Phi) is 4.86. The summed E-state index contributed by atoms with van der Waals surface area (Å²) in [6.07, 6.45) is 2.00. The van der Waals surface area contributed by atoms with Crippen LogP contribution in [0.4, 0.5) is 0 Å². The number of sulfonamides is 1. The molecule has 0 amide bonds. The van der Waals surface area contributed by atoms with Crippen molar-refractivity contribution in [2.45, 2.75) is 30.6 Å². The fourth-order valence-corrected chi connectivity index (χ4v) is 4.72. The summed E-state index contributed by atoms with van der Waals surface area (Å²) in [5.74, 6) is 0. The van der Waals surface area contributed by atoms with Gasteiger partial charge in [-0.05, 0) is 50.5 Å². The standard InChI is InChI=1S/C13H22N2O3S2/c1-13(5-7-15(2)8-6-13)10-14-20(17,18)12-4-3-11(9-16)19-12/h3-4,14,16H,5-10H2,1-2H3. The predicted octanol–water partition coefficient (Wildman–Crippen LogP) is 1.25. The highest BCUT2D eigenvalue weighted by Gasteiger charge is 2.30. The number of likely N-dealkylation sites (tertiary alicyclic amines) is 1. The van der Waals surface area contributed by atoms with Gasteiger partial charge in [-0.15, -0.1) is 11.3 Å². The summed E-state index contributed by atoms with van der Waals surface area (Å²) in [6, 6.07) is 3.20. The number of hydrogen-bond donors (Lipinski definition) is 2. The molecule has 1 aromatic heterocycles. The molecule has 0 aromatic carbocycles. The Labute approximate surface area is 124 Å². The van der Waals surface area contributed by atoms with E-state index in [-0.39, 0.29) is 16.2 Å². The SMILES string of the molecule is CN1CCC(C)(CNS(=O)(=O)c2ccc(CO)s2)CC1. The topological polar surface area (TPSA) is 69.6 Å². The van der Waals surface area contributed by atoms with E-state index in [4.69, 9.17) is 5.11 Å². The number of rotatable bonds is 5. The molecular formula is C13H22N2O3S2. The summed E-state index contributed by atoms with van der Waals surface area (Å²) >= 11 is 1.12. The van der Waals surface area contributed by atoms with Crippen LogP contribution >= 0.6 is 11.3 Å². The summed E-state index contributed by atoms with van der Waals surface area (Å²) in [5, 5.41) is 9.01. The molecule has 2 rings (SSSR count). The zero-order valence-corrected chi connectivity index (χ0v) is 13.6. The molecule has 114 valence electrons. The zero-order valence-electron chi connectivity index (χ0n) is 11.9. The second-order valence-corrected chi connectivity index (χ2v) is 8.98. The van der Waals surface area contributed by atoms with Crippen molar-refractivity contribution in [2.75, 3.05) is 26.7 Å². The van der Waals surface area contributed by atoms with Crippen molar-refractivity contribution in [3.8, 4) is 0 Å². The number of nitrogens with zero attached hydrogens (tertiary/aromatic N) is 1. The number of thiophene rings is 1. The fraction of sp³-hybridized carbons (Fsp3) is 0.692. The Morgan fingerprint density at radius 2 is 2.05 bits per heavy atom. The molecule has 0 aliphatic carbocycles. The molecule has 1 aromatic rings. The third kappa shape index (κ3) is 3.79. The van der Waals surface area contributed by atoms with Crippen LogP contribution in [0, 0.1) is 5.41 Å². The van der Waals surface area contributed by atoms with E-state index < -0.39 is 10.0 Å². The summed E-state index contributed by atoms with van der Waals surface area (Å²) in [7, 11) is -1.37. The minimum atomic E-state index is -3.46. The van der Waals surface area contributed by atoms with Gasteiger partial charge in [-0.3, -0.25) is 0 Å². The van der Waals surface area contributed by atoms with Gasteiger partial charge in [0.05, 0.1) is 6.61 Å². The van der Waals surface area contributed by atoms with Gasteiger partial charge in [-0.1, -0.05) is 6.92 Å². The lowest BCUT2D eigenvalue weighted by atomic mass is 9.81. The summed E-state index contributed by atoms with van der Waals surface area (Å²) in [5.41, 5.74) is 0.0245. The maximum atomic E-state index is 12.2. The van der Waals surface area contributed by atoms with Crippen LogP contribution in [0.15, 0.2) is 16.3 Å². The lowest BCUT2D eigenvalue weighted by Gasteiger charge is -2.37. The average Bonchev–Trinajstić information content (AvgIpc) is 2.90. The van der Waals surface area contributed by atoms with Gasteiger partial charge in [0.2, 0.25) is 10.0 Å². The first-order valence-electron chi connectivity index (χ1n) is 6.72. The van der Waals surface area contributed by atoms with Gasteiger partial charge in [-0.25, -0.2) is 13.1 Å². The molecule has 0 spiro atoms. The van der Waals surface area contributed by atoms with Gasteiger partial charge in [0.15, 0.2) is 0 Å². The highest BCUT2D eigenvalue weighted by atomic mass is 32.2. The van der Waals surface area contributed by atoms with Crippen LogP contribution in [0.25, 0.3) is 0 Å². The summed E-state index contributed by atoms with van der Waals surface area (Å²) in [4.78, 5) is 2.93. The van der Waals surface area contributed by atoms with Crippen molar-refractivity contribution in [3.63, 3.8) is 0 Å². The normalized spacial score (nSPS) is 20.1. The van der Waals surface area contributed by atoms with Crippen LogP contribution in [-0.2, 0) is 16.6 Å². The van der Waals surface area contributed by atoms with E-state index in [1.807, 2.05) is 0 Å².